The summed E-state index contributed by atoms with van der Waals surface area (Å²) in [5.74, 6) is -0.255. The van der Waals surface area contributed by atoms with Crippen molar-refractivity contribution in [1.82, 2.24) is 9.97 Å². The largest absolute Gasteiger partial charge is 0.433 e. The van der Waals surface area contributed by atoms with Crippen LogP contribution in [-0.2, 0) is 6.18 Å². The summed E-state index contributed by atoms with van der Waals surface area (Å²) >= 11 is 5.89. The number of rotatable bonds is 5. The van der Waals surface area contributed by atoms with Crippen LogP contribution in [-0.4, -0.2) is 28.2 Å². The van der Waals surface area contributed by atoms with Gasteiger partial charge in [-0.05, 0) is 24.6 Å². The molecule has 0 bridgehead atoms. The van der Waals surface area contributed by atoms with E-state index >= 15 is 0 Å². The molecule has 9 heteroatoms. The summed E-state index contributed by atoms with van der Waals surface area (Å²) in [5.41, 5.74) is 0.249. The molecule has 5 nitrogen and oxygen atoms in total. The fourth-order valence-electron chi connectivity index (χ4n) is 1.77. The molecule has 0 saturated heterocycles. The number of halogens is 4. The number of aliphatic hydroxyl groups is 1. The van der Waals surface area contributed by atoms with Crippen molar-refractivity contribution in [2.24, 2.45) is 0 Å². The normalized spacial score (nSPS) is 11.4. The molecular formula is C14H14ClF3N4O. The molecule has 23 heavy (non-hydrogen) atoms. The average Bonchev–Trinajstić information content (AvgIpc) is 2.48. The van der Waals surface area contributed by atoms with E-state index in [2.05, 4.69) is 20.6 Å². The maximum absolute atomic E-state index is 12.9. The molecule has 2 rings (SSSR count). The molecule has 3 N–H and O–H groups in total. The van der Waals surface area contributed by atoms with Crippen molar-refractivity contribution in [3.05, 3.63) is 40.5 Å². The van der Waals surface area contributed by atoms with E-state index in [-0.39, 0.29) is 24.9 Å². The molecule has 0 aliphatic rings. The summed E-state index contributed by atoms with van der Waals surface area (Å²) in [5, 5.41) is 14.5. The van der Waals surface area contributed by atoms with E-state index in [0.29, 0.717) is 10.7 Å². The fraction of sp³-hybridized carbons (Fsp3) is 0.286. The second-order valence-corrected chi connectivity index (χ2v) is 5.13. The van der Waals surface area contributed by atoms with E-state index in [9.17, 15) is 13.2 Å². The molecule has 0 aliphatic heterocycles. The predicted molar refractivity (Wildman–Crippen MR) is 82.1 cm³/mol. The fourth-order valence-corrected chi connectivity index (χ4v) is 1.94. The Bertz CT molecular complexity index is 694. The van der Waals surface area contributed by atoms with Crippen LogP contribution in [0.1, 0.15) is 11.3 Å². The van der Waals surface area contributed by atoms with Crippen molar-refractivity contribution in [3.63, 3.8) is 0 Å². The molecule has 1 aromatic carbocycles. The topological polar surface area (TPSA) is 70.1 Å². The van der Waals surface area contributed by atoms with Gasteiger partial charge in [-0.1, -0.05) is 17.7 Å². The Labute approximate surface area is 135 Å². The van der Waals surface area contributed by atoms with Gasteiger partial charge in [-0.15, -0.1) is 0 Å². The third-order valence-corrected chi connectivity index (χ3v) is 3.11. The molecule has 1 heterocycles. The number of alkyl halides is 3. The Morgan fingerprint density at radius 1 is 1.22 bits per heavy atom. The number of hydrogen-bond acceptors (Lipinski definition) is 5. The Morgan fingerprint density at radius 2 is 1.96 bits per heavy atom. The van der Waals surface area contributed by atoms with Crippen LogP contribution in [0.25, 0.3) is 0 Å². The highest BCUT2D eigenvalue weighted by atomic mass is 35.5. The van der Waals surface area contributed by atoms with Crippen LogP contribution >= 0.6 is 11.6 Å². The van der Waals surface area contributed by atoms with Gasteiger partial charge in [0.15, 0.2) is 5.69 Å². The molecule has 2 aromatic rings. The van der Waals surface area contributed by atoms with Crippen molar-refractivity contribution in [2.75, 3.05) is 23.8 Å². The highest BCUT2D eigenvalue weighted by Crippen LogP contribution is 2.31. The first-order valence-electron chi connectivity index (χ1n) is 6.64. The molecular weight excluding hydrogens is 333 g/mol. The Balaban J connectivity index is 2.38. The molecule has 0 atom stereocenters. The standard InChI is InChI=1S/C14H14ClF3N4O/c1-8-2-3-9(15)6-10(8)20-12-7-11(14(16,17)18)21-13(22-12)19-4-5-23/h2-3,6-7,23H,4-5H2,1H3,(H2,19,20,21,22). The van der Waals surface area contributed by atoms with Gasteiger partial charge in [0.25, 0.3) is 0 Å². The number of aromatic nitrogens is 2. The summed E-state index contributed by atoms with van der Waals surface area (Å²) in [4.78, 5) is 7.36. The van der Waals surface area contributed by atoms with Gasteiger partial charge in [0.2, 0.25) is 5.95 Å². The molecule has 0 fully saturated rings. The lowest BCUT2D eigenvalue weighted by molar-refractivity contribution is -0.141. The SMILES string of the molecule is Cc1ccc(Cl)cc1Nc1cc(C(F)(F)F)nc(NCCO)n1. The zero-order chi connectivity index (χ0) is 17.0. The summed E-state index contributed by atoms with van der Waals surface area (Å²) < 4.78 is 38.8. The van der Waals surface area contributed by atoms with Crippen LogP contribution in [0.15, 0.2) is 24.3 Å². The van der Waals surface area contributed by atoms with Crippen LogP contribution in [0.5, 0.6) is 0 Å². The first-order valence-corrected chi connectivity index (χ1v) is 7.01. The zero-order valence-corrected chi connectivity index (χ0v) is 12.8. The van der Waals surface area contributed by atoms with Gasteiger partial charge < -0.3 is 15.7 Å². The summed E-state index contributed by atoms with van der Waals surface area (Å²) in [7, 11) is 0. The van der Waals surface area contributed by atoms with Gasteiger partial charge in [-0.25, -0.2) is 4.98 Å². The molecule has 0 saturated carbocycles. The molecule has 124 valence electrons. The smallest absolute Gasteiger partial charge is 0.395 e. The first-order chi connectivity index (χ1) is 10.8. The van der Waals surface area contributed by atoms with Crippen molar-refractivity contribution >= 4 is 29.1 Å². The highest BCUT2D eigenvalue weighted by Gasteiger charge is 2.33. The van der Waals surface area contributed by atoms with E-state index in [1.165, 1.54) is 0 Å². The maximum atomic E-state index is 12.9. The van der Waals surface area contributed by atoms with Crippen molar-refractivity contribution < 1.29 is 18.3 Å². The highest BCUT2D eigenvalue weighted by molar-refractivity contribution is 6.30. The van der Waals surface area contributed by atoms with Crippen molar-refractivity contribution in [2.45, 2.75) is 13.1 Å². The third-order valence-electron chi connectivity index (χ3n) is 2.87. The minimum absolute atomic E-state index is 0.0295. The Hall–Kier alpha value is -2.06. The average molecular weight is 347 g/mol. The van der Waals surface area contributed by atoms with Crippen LogP contribution in [0.2, 0.25) is 5.02 Å². The first kappa shape index (κ1) is 17.3. The third kappa shape index (κ3) is 4.70. The minimum atomic E-state index is -4.61. The minimum Gasteiger partial charge on any atom is -0.395 e. The Kier molecular flexibility index (Phi) is 5.27. The molecule has 0 unspecified atom stereocenters. The van der Waals surface area contributed by atoms with E-state index in [0.717, 1.165) is 11.6 Å². The van der Waals surface area contributed by atoms with Gasteiger partial charge in [0, 0.05) is 23.3 Å². The van der Waals surface area contributed by atoms with E-state index < -0.39 is 11.9 Å². The maximum Gasteiger partial charge on any atom is 0.433 e. The zero-order valence-electron chi connectivity index (χ0n) is 12.1. The van der Waals surface area contributed by atoms with E-state index in [1.54, 1.807) is 25.1 Å². The molecule has 0 amide bonds. The van der Waals surface area contributed by atoms with Crippen LogP contribution in [0.3, 0.4) is 0 Å². The second kappa shape index (κ2) is 7.01. The number of benzene rings is 1. The molecule has 0 spiro atoms. The second-order valence-electron chi connectivity index (χ2n) is 4.69. The van der Waals surface area contributed by atoms with Crippen LogP contribution in [0.4, 0.5) is 30.6 Å². The quantitative estimate of drug-likeness (QED) is 0.771. The molecule has 0 radical (unpaired) electrons. The molecule has 1 aromatic heterocycles. The summed E-state index contributed by atoms with van der Waals surface area (Å²) in [6.45, 7) is 1.57. The number of hydrogen-bond donors (Lipinski definition) is 3. The molecule has 0 aliphatic carbocycles. The number of aryl methyl sites for hydroxylation is 1. The number of aliphatic hydroxyl groups excluding tert-OH is 1. The van der Waals surface area contributed by atoms with E-state index in [4.69, 9.17) is 16.7 Å². The van der Waals surface area contributed by atoms with Crippen LogP contribution < -0.4 is 10.6 Å². The predicted octanol–water partition coefficient (Wildman–Crippen LogP) is 3.61. The summed E-state index contributed by atoms with van der Waals surface area (Å²) in [6.07, 6.45) is -4.61. The van der Waals surface area contributed by atoms with Crippen molar-refractivity contribution in [1.29, 1.82) is 0 Å². The van der Waals surface area contributed by atoms with Crippen LogP contribution in [0, 0.1) is 6.92 Å². The monoisotopic (exact) mass is 346 g/mol. The lowest BCUT2D eigenvalue weighted by Crippen LogP contribution is -2.15. The lowest BCUT2D eigenvalue weighted by atomic mass is 10.2. The van der Waals surface area contributed by atoms with Gasteiger partial charge >= 0.3 is 6.18 Å². The van der Waals surface area contributed by atoms with Crippen molar-refractivity contribution in [3.8, 4) is 0 Å². The Morgan fingerprint density at radius 3 is 2.61 bits per heavy atom. The van der Waals surface area contributed by atoms with Gasteiger partial charge in [0.1, 0.15) is 5.82 Å². The van der Waals surface area contributed by atoms with Gasteiger partial charge in [-0.3, -0.25) is 0 Å². The van der Waals surface area contributed by atoms with Gasteiger partial charge in [0.05, 0.1) is 6.61 Å². The van der Waals surface area contributed by atoms with E-state index in [1.807, 2.05) is 0 Å². The number of nitrogens with zero attached hydrogens (tertiary/aromatic N) is 2. The lowest BCUT2D eigenvalue weighted by Gasteiger charge is -2.13. The number of nitrogens with one attached hydrogen (secondary N) is 2. The summed E-state index contributed by atoms with van der Waals surface area (Å²) in [6, 6.07) is 5.82. The number of anilines is 3. The van der Waals surface area contributed by atoms with Gasteiger partial charge in [-0.2, -0.15) is 18.2 Å².